The lowest BCUT2D eigenvalue weighted by Crippen LogP contribution is -2.12. The summed E-state index contributed by atoms with van der Waals surface area (Å²) in [5.41, 5.74) is 6.98. The lowest BCUT2D eigenvalue weighted by atomic mass is 10.2. The maximum atomic E-state index is 12.1. The zero-order chi connectivity index (χ0) is 14.0. The first kappa shape index (κ1) is 14.2. The number of halogens is 3. The minimum atomic E-state index is -0.329. The Morgan fingerprint density at radius 3 is 2.47 bits per heavy atom. The first-order valence-corrected chi connectivity index (χ1v) is 6.83. The van der Waals surface area contributed by atoms with Crippen LogP contribution in [0, 0.1) is 0 Å². The second-order valence-corrected chi connectivity index (χ2v) is 5.55. The van der Waals surface area contributed by atoms with Gasteiger partial charge in [0.25, 0.3) is 5.91 Å². The van der Waals surface area contributed by atoms with Gasteiger partial charge in [0.15, 0.2) is 0 Å². The van der Waals surface area contributed by atoms with Gasteiger partial charge in [0.1, 0.15) is 0 Å². The van der Waals surface area contributed by atoms with E-state index in [1.165, 1.54) is 0 Å². The minimum absolute atomic E-state index is 0.329. The standard InChI is InChI=1S/C13H9BrCl2N2O/c14-7-1-3-9(10(15)5-7)13(19)18-12-4-2-8(17)6-11(12)16/h1-6H,17H2,(H,18,19). The van der Waals surface area contributed by atoms with E-state index >= 15 is 0 Å². The van der Waals surface area contributed by atoms with E-state index in [1.54, 1.807) is 36.4 Å². The van der Waals surface area contributed by atoms with Crippen molar-refractivity contribution in [2.75, 3.05) is 11.1 Å². The first-order valence-electron chi connectivity index (χ1n) is 5.29. The Hall–Kier alpha value is -1.23. The van der Waals surface area contributed by atoms with E-state index in [0.29, 0.717) is 27.0 Å². The molecule has 0 aliphatic rings. The predicted octanol–water partition coefficient (Wildman–Crippen LogP) is 4.59. The third kappa shape index (κ3) is 3.41. The number of rotatable bonds is 2. The molecule has 0 aromatic heterocycles. The maximum Gasteiger partial charge on any atom is 0.257 e. The van der Waals surface area contributed by atoms with Crippen molar-refractivity contribution in [2.24, 2.45) is 0 Å². The molecule has 0 unspecified atom stereocenters. The van der Waals surface area contributed by atoms with E-state index in [1.807, 2.05) is 0 Å². The fourth-order valence-electron chi connectivity index (χ4n) is 1.50. The van der Waals surface area contributed by atoms with Gasteiger partial charge in [-0.05, 0) is 36.4 Å². The summed E-state index contributed by atoms with van der Waals surface area (Å²) < 4.78 is 0.805. The van der Waals surface area contributed by atoms with E-state index < -0.39 is 0 Å². The summed E-state index contributed by atoms with van der Waals surface area (Å²) in [5.74, 6) is -0.329. The average Bonchev–Trinajstić information content (AvgIpc) is 2.32. The molecule has 0 radical (unpaired) electrons. The number of benzene rings is 2. The highest BCUT2D eigenvalue weighted by Crippen LogP contribution is 2.26. The third-order valence-electron chi connectivity index (χ3n) is 2.42. The molecule has 0 bridgehead atoms. The zero-order valence-electron chi connectivity index (χ0n) is 9.58. The monoisotopic (exact) mass is 358 g/mol. The molecule has 6 heteroatoms. The number of nitrogens with two attached hydrogens (primary N) is 1. The van der Waals surface area contributed by atoms with Crippen molar-refractivity contribution in [2.45, 2.75) is 0 Å². The van der Waals surface area contributed by atoms with Gasteiger partial charge in [-0.2, -0.15) is 0 Å². The molecular weight excluding hydrogens is 351 g/mol. The molecule has 0 aliphatic heterocycles. The Bertz CT molecular complexity index is 647. The molecular formula is C13H9BrCl2N2O. The summed E-state index contributed by atoms with van der Waals surface area (Å²) in [6, 6.07) is 9.90. The van der Waals surface area contributed by atoms with Crippen LogP contribution in [0.3, 0.4) is 0 Å². The highest BCUT2D eigenvalue weighted by atomic mass is 79.9. The smallest absolute Gasteiger partial charge is 0.257 e. The van der Waals surface area contributed by atoms with Crippen molar-refractivity contribution in [3.05, 3.63) is 56.5 Å². The zero-order valence-corrected chi connectivity index (χ0v) is 12.7. The molecule has 3 N–H and O–H groups in total. The summed E-state index contributed by atoms with van der Waals surface area (Å²) in [6.45, 7) is 0. The van der Waals surface area contributed by atoms with Gasteiger partial charge in [0, 0.05) is 10.2 Å². The topological polar surface area (TPSA) is 55.1 Å². The van der Waals surface area contributed by atoms with Gasteiger partial charge < -0.3 is 11.1 Å². The Kier molecular flexibility index (Phi) is 4.34. The van der Waals surface area contributed by atoms with Crippen LogP contribution in [-0.2, 0) is 0 Å². The van der Waals surface area contributed by atoms with Gasteiger partial charge in [0.2, 0.25) is 0 Å². The molecule has 2 aromatic rings. The van der Waals surface area contributed by atoms with Crippen LogP contribution < -0.4 is 11.1 Å². The van der Waals surface area contributed by atoms with Crippen molar-refractivity contribution < 1.29 is 4.79 Å². The van der Waals surface area contributed by atoms with Crippen molar-refractivity contribution in [1.82, 2.24) is 0 Å². The molecule has 2 rings (SSSR count). The van der Waals surface area contributed by atoms with E-state index in [9.17, 15) is 4.79 Å². The first-order chi connectivity index (χ1) is 8.97. The number of anilines is 2. The second-order valence-electron chi connectivity index (χ2n) is 3.82. The maximum absolute atomic E-state index is 12.1. The van der Waals surface area contributed by atoms with Crippen molar-refractivity contribution in [3.8, 4) is 0 Å². The van der Waals surface area contributed by atoms with E-state index in [0.717, 1.165) is 4.47 Å². The molecule has 0 atom stereocenters. The van der Waals surface area contributed by atoms with Crippen LogP contribution >= 0.6 is 39.1 Å². The van der Waals surface area contributed by atoms with Crippen LogP contribution in [0.15, 0.2) is 40.9 Å². The van der Waals surface area contributed by atoms with Crippen molar-refractivity contribution >= 4 is 56.4 Å². The quantitative estimate of drug-likeness (QED) is 0.770. The molecule has 0 saturated heterocycles. The molecule has 2 aromatic carbocycles. The summed E-state index contributed by atoms with van der Waals surface area (Å²) >= 11 is 15.3. The minimum Gasteiger partial charge on any atom is -0.399 e. The lowest BCUT2D eigenvalue weighted by molar-refractivity contribution is 0.102. The van der Waals surface area contributed by atoms with Crippen molar-refractivity contribution in [1.29, 1.82) is 0 Å². The number of hydrogen-bond donors (Lipinski definition) is 2. The highest BCUT2D eigenvalue weighted by Gasteiger charge is 2.12. The van der Waals surface area contributed by atoms with Gasteiger partial charge in [-0.15, -0.1) is 0 Å². The van der Waals surface area contributed by atoms with Crippen LogP contribution in [0.1, 0.15) is 10.4 Å². The fourth-order valence-corrected chi connectivity index (χ4v) is 2.49. The van der Waals surface area contributed by atoms with Gasteiger partial charge in [-0.1, -0.05) is 39.1 Å². The van der Waals surface area contributed by atoms with Gasteiger partial charge in [-0.3, -0.25) is 4.79 Å². The predicted molar refractivity (Wildman–Crippen MR) is 83.0 cm³/mol. The number of carbonyl (C=O) groups excluding carboxylic acids is 1. The fraction of sp³-hybridized carbons (Fsp3) is 0. The van der Waals surface area contributed by atoms with Crippen LogP contribution in [0.2, 0.25) is 10.0 Å². The SMILES string of the molecule is Nc1ccc(NC(=O)c2ccc(Br)cc2Cl)c(Cl)c1. The summed E-state index contributed by atoms with van der Waals surface area (Å²) in [7, 11) is 0. The molecule has 0 spiro atoms. The molecule has 0 fully saturated rings. The summed E-state index contributed by atoms with van der Waals surface area (Å²) in [5, 5.41) is 3.42. The van der Waals surface area contributed by atoms with Gasteiger partial charge >= 0.3 is 0 Å². The summed E-state index contributed by atoms with van der Waals surface area (Å²) in [6.07, 6.45) is 0. The van der Waals surface area contributed by atoms with Crippen LogP contribution in [-0.4, -0.2) is 5.91 Å². The average molecular weight is 360 g/mol. The molecule has 0 aliphatic carbocycles. The Labute approximate surface area is 128 Å². The van der Waals surface area contributed by atoms with E-state index in [-0.39, 0.29) is 5.91 Å². The Balaban J connectivity index is 2.25. The van der Waals surface area contributed by atoms with Gasteiger partial charge in [0.05, 0.1) is 21.3 Å². The molecule has 3 nitrogen and oxygen atoms in total. The van der Waals surface area contributed by atoms with Crippen LogP contribution in [0.4, 0.5) is 11.4 Å². The number of nitrogen functional groups attached to an aromatic ring is 1. The molecule has 0 saturated carbocycles. The number of hydrogen-bond acceptors (Lipinski definition) is 2. The number of carbonyl (C=O) groups is 1. The summed E-state index contributed by atoms with van der Waals surface area (Å²) in [4.78, 5) is 12.1. The Morgan fingerprint density at radius 2 is 1.84 bits per heavy atom. The second kappa shape index (κ2) is 5.82. The lowest BCUT2D eigenvalue weighted by Gasteiger charge is -2.09. The highest BCUT2D eigenvalue weighted by molar-refractivity contribution is 9.10. The van der Waals surface area contributed by atoms with Gasteiger partial charge in [-0.25, -0.2) is 0 Å². The molecule has 98 valence electrons. The molecule has 1 amide bonds. The van der Waals surface area contributed by atoms with E-state index in [4.69, 9.17) is 28.9 Å². The number of nitrogens with one attached hydrogen (secondary N) is 1. The number of amides is 1. The Morgan fingerprint density at radius 1 is 1.11 bits per heavy atom. The third-order valence-corrected chi connectivity index (χ3v) is 3.54. The van der Waals surface area contributed by atoms with Crippen molar-refractivity contribution in [3.63, 3.8) is 0 Å². The molecule has 19 heavy (non-hydrogen) atoms. The van der Waals surface area contributed by atoms with E-state index in [2.05, 4.69) is 21.2 Å². The van der Waals surface area contributed by atoms with Crippen LogP contribution in [0.5, 0.6) is 0 Å². The van der Waals surface area contributed by atoms with Crippen LogP contribution in [0.25, 0.3) is 0 Å². The molecule has 0 heterocycles. The normalized spacial score (nSPS) is 10.3. The largest absolute Gasteiger partial charge is 0.399 e.